The molecule has 1 aromatic heterocycles. The maximum Gasteiger partial charge on any atom is 0.227 e. The summed E-state index contributed by atoms with van der Waals surface area (Å²) in [5.74, 6) is 0.979. The van der Waals surface area contributed by atoms with Crippen LogP contribution in [0.2, 0.25) is 0 Å². The third kappa shape index (κ3) is 3.08. The average molecular weight is 325 g/mol. The van der Waals surface area contributed by atoms with Crippen LogP contribution in [0.4, 0.5) is 0 Å². The molecular formula is C19H23N3O2. The zero-order valence-electron chi connectivity index (χ0n) is 14.0. The van der Waals surface area contributed by atoms with E-state index >= 15 is 0 Å². The molecule has 4 rings (SSSR count). The number of aromatic amines is 1. The smallest absolute Gasteiger partial charge is 0.227 e. The van der Waals surface area contributed by atoms with Gasteiger partial charge in [-0.1, -0.05) is 18.2 Å². The van der Waals surface area contributed by atoms with E-state index < -0.39 is 0 Å². The third-order valence-corrected chi connectivity index (χ3v) is 4.96. The molecule has 2 aliphatic rings. The fraction of sp³-hybridized carbons (Fsp3) is 0.474. The standard InChI is InChI=1S/C19H23N3O2/c1-13-11-20-19(21-13)17-12-22(7-8-24-17)18(23)10-14-5-6-15-3-2-4-16(15)9-14/h5-6,9,11,17H,2-4,7-8,10,12H2,1H3,(H,20,21). The first-order valence-electron chi connectivity index (χ1n) is 8.70. The van der Waals surface area contributed by atoms with Gasteiger partial charge in [0.15, 0.2) is 0 Å². The van der Waals surface area contributed by atoms with Gasteiger partial charge in [0.25, 0.3) is 0 Å². The molecule has 2 heterocycles. The number of carbonyl (C=O) groups is 1. The summed E-state index contributed by atoms with van der Waals surface area (Å²) in [7, 11) is 0. The number of benzene rings is 1. The molecule has 1 unspecified atom stereocenters. The fourth-order valence-electron chi connectivity index (χ4n) is 3.66. The molecule has 1 saturated heterocycles. The van der Waals surface area contributed by atoms with E-state index in [9.17, 15) is 4.79 Å². The monoisotopic (exact) mass is 325 g/mol. The minimum Gasteiger partial charge on any atom is -0.367 e. The Balaban J connectivity index is 1.42. The Morgan fingerprint density at radius 2 is 2.25 bits per heavy atom. The number of H-pyrrole nitrogens is 1. The van der Waals surface area contributed by atoms with Crippen LogP contribution in [0.3, 0.4) is 0 Å². The van der Waals surface area contributed by atoms with Crippen LogP contribution in [0.5, 0.6) is 0 Å². The van der Waals surface area contributed by atoms with Crippen molar-refractivity contribution in [1.29, 1.82) is 0 Å². The van der Waals surface area contributed by atoms with Crippen LogP contribution in [0, 0.1) is 6.92 Å². The van der Waals surface area contributed by atoms with Crippen molar-refractivity contribution >= 4 is 5.91 Å². The van der Waals surface area contributed by atoms with Gasteiger partial charge in [-0.2, -0.15) is 0 Å². The molecule has 2 aromatic rings. The number of amides is 1. The number of nitrogens with one attached hydrogen (secondary N) is 1. The van der Waals surface area contributed by atoms with E-state index in [1.165, 1.54) is 24.0 Å². The molecule has 1 amide bonds. The summed E-state index contributed by atoms with van der Waals surface area (Å²) in [5.41, 5.74) is 5.00. The first kappa shape index (κ1) is 15.4. The normalized spacial score (nSPS) is 20.2. The zero-order chi connectivity index (χ0) is 16.5. The Morgan fingerprint density at radius 3 is 3.08 bits per heavy atom. The molecule has 1 aromatic carbocycles. The van der Waals surface area contributed by atoms with Gasteiger partial charge in [-0.3, -0.25) is 4.79 Å². The number of morpholine rings is 1. The summed E-state index contributed by atoms with van der Waals surface area (Å²) >= 11 is 0. The Labute approximate surface area is 142 Å². The van der Waals surface area contributed by atoms with Gasteiger partial charge >= 0.3 is 0 Å². The second kappa shape index (κ2) is 6.40. The van der Waals surface area contributed by atoms with Gasteiger partial charge < -0.3 is 14.6 Å². The van der Waals surface area contributed by atoms with Gasteiger partial charge in [0.05, 0.1) is 19.6 Å². The van der Waals surface area contributed by atoms with Crippen LogP contribution in [0.15, 0.2) is 24.4 Å². The number of nitrogens with zero attached hydrogens (tertiary/aromatic N) is 2. The lowest BCUT2D eigenvalue weighted by atomic mass is 10.0. The van der Waals surface area contributed by atoms with E-state index in [1.807, 2.05) is 11.8 Å². The molecule has 1 aliphatic heterocycles. The van der Waals surface area contributed by atoms with Crippen molar-refractivity contribution in [3.8, 4) is 0 Å². The summed E-state index contributed by atoms with van der Waals surface area (Å²) < 4.78 is 5.78. The molecule has 1 aliphatic carbocycles. The molecule has 1 fully saturated rings. The summed E-state index contributed by atoms with van der Waals surface area (Å²) in [6.07, 6.45) is 5.67. The van der Waals surface area contributed by atoms with Crippen LogP contribution in [-0.4, -0.2) is 40.5 Å². The number of rotatable bonds is 3. The Kier molecular flexibility index (Phi) is 4.10. The molecular weight excluding hydrogens is 302 g/mol. The Morgan fingerprint density at radius 1 is 1.38 bits per heavy atom. The number of carbonyl (C=O) groups excluding carboxylic acids is 1. The van der Waals surface area contributed by atoms with Crippen LogP contribution < -0.4 is 0 Å². The molecule has 5 nitrogen and oxygen atoms in total. The summed E-state index contributed by atoms with van der Waals surface area (Å²) in [6.45, 7) is 3.74. The van der Waals surface area contributed by atoms with E-state index in [0.29, 0.717) is 26.1 Å². The van der Waals surface area contributed by atoms with Gasteiger partial charge in [-0.25, -0.2) is 4.98 Å². The Hall–Kier alpha value is -2.14. The summed E-state index contributed by atoms with van der Waals surface area (Å²) in [4.78, 5) is 22.1. The molecule has 0 radical (unpaired) electrons. The van der Waals surface area contributed by atoms with Gasteiger partial charge in [0.1, 0.15) is 11.9 Å². The van der Waals surface area contributed by atoms with E-state index in [-0.39, 0.29) is 12.0 Å². The minimum atomic E-state index is -0.156. The zero-order valence-corrected chi connectivity index (χ0v) is 14.0. The molecule has 24 heavy (non-hydrogen) atoms. The third-order valence-electron chi connectivity index (χ3n) is 4.96. The maximum atomic E-state index is 12.7. The predicted molar refractivity (Wildman–Crippen MR) is 90.8 cm³/mol. The number of hydrogen-bond donors (Lipinski definition) is 1. The Bertz CT molecular complexity index is 753. The van der Waals surface area contributed by atoms with E-state index in [1.54, 1.807) is 6.20 Å². The van der Waals surface area contributed by atoms with Crippen molar-refractivity contribution in [3.63, 3.8) is 0 Å². The largest absolute Gasteiger partial charge is 0.367 e. The lowest BCUT2D eigenvalue weighted by Gasteiger charge is -2.32. The van der Waals surface area contributed by atoms with E-state index in [0.717, 1.165) is 23.5 Å². The number of ether oxygens (including phenoxy) is 1. The fourth-order valence-corrected chi connectivity index (χ4v) is 3.66. The van der Waals surface area contributed by atoms with E-state index in [2.05, 4.69) is 28.2 Å². The summed E-state index contributed by atoms with van der Waals surface area (Å²) in [6, 6.07) is 6.52. The quantitative estimate of drug-likeness (QED) is 0.942. The second-order valence-corrected chi connectivity index (χ2v) is 6.78. The van der Waals surface area contributed by atoms with Gasteiger partial charge in [0.2, 0.25) is 5.91 Å². The predicted octanol–water partition coefficient (Wildman–Crippen LogP) is 2.35. The highest BCUT2D eigenvalue weighted by Crippen LogP contribution is 2.24. The first-order valence-corrected chi connectivity index (χ1v) is 8.70. The highest BCUT2D eigenvalue weighted by Gasteiger charge is 2.27. The number of aryl methyl sites for hydroxylation is 3. The van der Waals surface area contributed by atoms with Crippen molar-refractivity contribution < 1.29 is 9.53 Å². The van der Waals surface area contributed by atoms with Crippen LogP contribution in [-0.2, 0) is 28.8 Å². The van der Waals surface area contributed by atoms with Crippen LogP contribution in [0.1, 0.15) is 40.7 Å². The lowest BCUT2D eigenvalue weighted by Crippen LogP contribution is -2.43. The molecule has 126 valence electrons. The number of hydrogen-bond acceptors (Lipinski definition) is 3. The highest BCUT2D eigenvalue weighted by atomic mass is 16.5. The van der Waals surface area contributed by atoms with Crippen molar-refractivity contribution in [3.05, 3.63) is 52.6 Å². The molecule has 0 bridgehead atoms. The molecule has 5 heteroatoms. The lowest BCUT2D eigenvalue weighted by molar-refractivity contribution is -0.138. The van der Waals surface area contributed by atoms with Crippen molar-refractivity contribution in [1.82, 2.24) is 14.9 Å². The maximum absolute atomic E-state index is 12.7. The van der Waals surface area contributed by atoms with Crippen molar-refractivity contribution in [2.75, 3.05) is 19.7 Å². The highest BCUT2D eigenvalue weighted by molar-refractivity contribution is 5.79. The van der Waals surface area contributed by atoms with Gasteiger partial charge in [-0.05, 0) is 42.9 Å². The second-order valence-electron chi connectivity index (χ2n) is 6.78. The summed E-state index contributed by atoms with van der Waals surface area (Å²) in [5, 5.41) is 0. The molecule has 0 spiro atoms. The molecule has 1 atom stereocenters. The number of aromatic nitrogens is 2. The minimum absolute atomic E-state index is 0.156. The van der Waals surface area contributed by atoms with Crippen molar-refractivity contribution in [2.24, 2.45) is 0 Å². The van der Waals surface area contributed by atoms with Gasteiger partial charge in [0, 0.05) is 18.4 Å². The number of fused-ring (bicyclic) bond motifs is 1. The SMILES string of the molecule is Cc1cnc(C2CN(C(=O)Cc3ccc4c(c3)CCC4)CCO2)[nH]1. The topological polar surface area (TPSA) is 58.2 Å². The van der Waals surface area contributed by atoms with Crippen molar-refractivity contribution in [2.45, 2.75) is 38.7 Å². The molecule has 1 N–H and O–H groups in total. The first-order chi connectivity index (χ1) is 11.7. The van der Waals surface area contributed by atoms with Gasteiger partial charge in [-0.15, -0.1) is 0 Å². The molecule has 0 saturated carbocycles. The van der Waals surface area contributed by atoms with Crippen LogP contribution >= 0.6 is 0 Å². The number of imidazole rings is 1. The average Bonchev–Trinajstić information content (AvgIpc) is 3.23. The van der Waals surface area contributed by atoms with Crippen LogP contribution in [0.25, 0.3) is 0 Å². The van der Waals surface area contributed by atoms with E-state index in [4.69, 9.17) is 4.74 Å².